The summed E-state index contributed by atoms with van der Waals surface area (Å²) in [6.45, 7) is 6.84. The Morgan fingerprint density at radius 2 is 1.65 bits per heavy atom. The largest absolute Gasteiger partial charge is 0.316 e. The van der Waals surface area contributed by atoms with Crippen LogP contribution >= 0.6 is 0 Å². The molecule has 0 fully saturated rings. The monoisotopic (exact) mass is 233 g/mol. The van der Waals surface area contributed by atoms with Gasteiger partial charge < -0.3 is 5.32 Å². The summed E-state index contributed by atoms with van der Waals surface area (Å²) in [5, 5.41) is 3.12. The van der Waals surface area contributed by atoms with Gasteiger partial charge in [0, 0.05) is 18.4 Å². The molecule has 0 aromatic heterocycles. The minimum atomic E-state index is 0.116. The summed E-state index contributed by atoms with van der Waals surface area (Å²) in [6.07, 6.45) is 0.844. The maximum atomic E-state index is 11.8. The van der Waals surface area contributed by atoms with Gasteiger partial charge in [0.25, 0.3) is 0 Å². The van der Waals surface area contributed by atoms with Crippen molar-refractivity contribution in [1.82, 2.24) is 5.32 Å². The van der Waals surface area contributed by atoms with Crippen LogP contribution < -0.4 is 5.32 Å². The van der Waals surface area contributed by atoms with Gasteiger partial charge in [-0.1, -0.05) is 45.0 Å². The molecule has 2 heteroatoms. The van der Waals surface area contributed by atoms with Gasteiger partial charge in [0.05, 0.1) is 0 Å². The minimum Gasteiger partial charge on any atom is -0.316 e. The molecule has 0 amide bonds. The van der Waals surface area contributed by atoms with Gasteiger partial charge in [-0.05, 0) is 24.6 Å². The van der Waals surface area contributed by atoms with Crippen molar-refractivity contribution in [2.75, 3.05) is 7.05 Å². The molecule has 1 N–H and O–H groups in total. The molecule has 17 heavy (non-hydrogen) atoms. The molecule has 1 aromatic rings. The van der Waals surface area contributed by atoms with Crippen molar-refractivity contribution < 1.29 is 4.79 Å². The first-order valence-corrected chi connectivity index (χ1v) is 6.30. The molecule has 0 saturated carbocycles. The highest BCUT2D eigenvalue weighted by molar-refractivity contribution is 5.82. The number of hydrogen-bond acceptors (Lipinski definition) is 2. The first-order valence-electron chi connectivity index (χ1n) is 6.30. The molecule has 0 heterocycles. The van der Waals surface area contributed by atoms with E-state index in [0.29, 0.717) is 5.78 Å². The average Bonchev–Trinajstić information content (AvgIpc) is 2.30. The van der Waals surface area contributed by atoms with Gasteiger partial charge >= 0.3 is 0 Å². The smallest absolute Gasteiger partial charge is 0.138 e. The van der Waals surface area contributed by atoms with Crippen molar-refractivity contribution in [3.63, 3.8) is 0 Å². The lowest BCUT2D eigenvalue weighted by Crippen LogP contribution is -2.19. The summed E-state index contributed by atoms with van der Waals surface area (Å²) >= 11 is 0. The number of nitrogens with one attached hydrogen (secondary N) is 1. The zero-order valence-electron chi connectivity index (χ0n) is 11.3. The summed E-state index contributed by atoms with van der Waals surface area (Å²) < 4.78 is 0. The molecule has 0 spiro atoms. The Balaban J connectivity index is 2.60. The number of carbonyl (C=O) groups excluding carboxylic acids is 1. The summed E-state index contributed by atoms with van der Waals surface area (Å²) in [6, 6.07) is 8.49. The van der Waals surface area contributed by atoms with Crippen LogP contribution in [0.2, 0.25) is 0 Å². The minimum absolute atomic E-state index is 0.116. The van der Waals surface area contributed by atoms with E-state index in [1.54, 1.807) is 0 Å². The molecule has 1 atom stereocenters. The summed E-state index contributed by atoms with van der Waals surface area (Å²) in [5.74, 6) is 0.600. The molecule has 0 aliphatic carbocycles. The molecule has 0 aliphatic rings. The number of benzene rings is 1. The van der Waals surface area contributed by atoms with Crippen LogP contribution in [0.15, 0.2) is 24.3 Å². The number of ketones is 1. The second-order valence-corrected chi connectivity index (χ2v) is 5.01. The summed E-state index contributed by atoms with van der Waals surface area (Å²) in [7, 11) is 1.94. The lowest BCUT2D eigenvalue weighted by Gasteiger charge is -2.13. The van der Waals surface area contributed by atoms with Crippen LogP contribution in [0.4, 0.5) is 0 Å². The summed E-state index contributed by atoms with van der Waals surface area (Å²) in [4.78, 5) is 11.8. The van der Waals surface area contributed by atoms with Crippen LogP contribution in [0.25, 0.3) is 0 Å². The Bertz CT molecular complexity index is 354. The second kappa shape index (κ2) is 6.55. The second-order valence-electron chi connectivity index (χ2n) is 5.01. The fourth-order valence-corrected chi connectivity index (χ4v) is 2.02. The molecule has 0 saturated heterocycles. The highest BCUT2D eigenvalue weighted by atomic mass is 16.1. The molecule has 2 nitrogen and oxygen atoms in total. The van der Waals surface area contributed by atoms with Crippen LogP contribution in [0, 0.1) is 11.8 Å². The van der Waals surface area contributed by atoms with Crippen LogP contribution in [-0.2, 0) is 17.8 Å². The van der Waals surface area contributed by atoms with Crippen molar-refractivity contribution in [2.45, 2.75) is 33.7 Å². The SMILES string of the molecule is CNCc1ccc(CC(C)C(=O)C(C)C)cc1. The average molecular weight is 233 g/mol. The third kappa shape index (κ3) is 4.31. The lowest BCUT2D eigenvalue weighted by molar-refractivity contribution is -0.125. The van der Waals surface area contributed by atoms with Crippen LogP contribution in [0.5, 0.6) is 0 Å². The molecule has 1 unspecified atom stereocenters. The molecular formula is C15H23NO. The van der Waals surface area contributed by atoms with E-state index in [-0.39, 0.29) is 11.8 Å². The van der Waals surface area contributed by atoms with Gasteiger partial charge in [-0.15, -0.1) is 0 Å². The van der Waals surface area contributed by atoms with E-state index < -0.39 is 0 Å². The van der Waals surface area contributed by atoms with E-state index in [4.69, 9.17) is 0 Å². The number of hydrogen-bond donors (Lipinski definition) is 1. The summed E-state index contributed by atoms with van der Waals surface area (Å²) in [5.41, 5.74) is 2.52. The predicted octanol–water partition coefficient (Wildman–Crippen LogP) is 2.81. The molecular weight excluding hydrogens is 210 g/mol. The third-order valence-electron chi connectivity index (χ3n) is 3.00. The van der Waals surface area contributed by atoms with E-state index in [9.17, 15) is 4.79 Å². The molecule has 1 aromatic carbocycles. The van der Waals surface area contributed by atoms with Crippen molar-refractivity contribution in [2.24, 2.45) is 11.8 Å². The lowest BCUT2D eigenvalue weighted by atomic mass is 9.91. The standard InChI is InChI=1S/C15H23NO/c1-11(2)15(17)12(3)9-13-5-7-14(8-6-13)10-16-4/h5-8,11-12,16H,9-10H2,1-4H3. The number of carbonyl (C=O) groups is 1. The number of rotatable bonds is 6. The fourth-order valence-electron chi connectivity index (χ4n) is 2.02. The Kier molecular flexibility index (Phi) is 5.36. The molecule has 94 valence electrons. The zero-order valence-corrected chi connectivity index (χ0v) is 11.3. The van der Waals surface area contributed by atoms with Gasteiger partial charge in [-0.25, -0.2) is 0 Å². The first-order chi connectivity index (χ1) is 8.04. The van der Waals surface area contributed by atoms with Gasteiger partial charge in [-0.2, -0.15) is 0 Å². The molecule has 1 rings (SSSR count). The van der Waals surface area contributed by atoms with Gasteiger partial charge in [0.15, 0.2) is 0 Å². The third-order valence-corrected chi connectivity index (χ3v) is 3.00. The Hall–Kier alpha value is -1.15. The Morgan fingerprint density at radius 1 is 1.12 bits per heavy atom. The van der Waals surface area contributed by atoms with Crippen molar-refractivity contribution >= 4 is 5.78 Å². The molecule has 0 aliphatic heterocycles. The van der Waals surface area contributed by atoms with E-state index in [0.717, 1.165) is 13.0 Å². The maximum absolute atomic E-state index is 11.8. The van der Waals surface area contributed by atoms with E-state index in [2.05, 4.69) is 29.6 Å². The van der Waals surface area contributed by atoms with Crippen molar-refractivity contribution in [1.29, 1.82) is 0 Å². The van der Waals surface area contributed by atoms with E-state index in [1.165, 1.54) is 11.1 Å². The van der Waals surface area contributed by atoms with Crippen LogP contribution in [-0.4, -0.2) is 12.8 Å². The fraction of sp³-hybridized carbons (Fsp3) is 0.533. The predicted molar refractivity (Wildman–Crippen MR) is 71.9 cm³/mol. The zero-order chi connectivity index (χ0) is 12.8. The van der Waals surface area contributed by atoms with E-state index >= 15 is 0 Å². The Morgan fingerprint density at radius 3 is 2.12 bits per heavy atom. The van der Waals surface area contributed by atoms with Crippen molar-refractivity contribution in [3.8, 4) is 0 Å². The topological polar surface area (TPSA) is 29.1 Å². The quantitative estimate of drug-likeness (QED) is 0.818. The normalized spacial score (nSPS) is 12.8. The van der Waals surface area contributed by atoms with Gasteiger partial charge in [0.1, 0.15) is 5.78 Å². The van der Waals surface area contributed by atoms with Crippen LogP contribution in [0.3, 0.4) is 0 Å². The Labute approximate surface area is 104 Å². The van der Waals surface area contributed by atoms with Crippen LogP contribution in [0.1, 0.15) is 31.9 Å². The van der Waals surface area contributed by atoms with E-state index in [1.807, 2.05) is 27.8 Å². The maximum Gasteiger partial charge on any atom is 0.138 e. The van der Waals surface area contributed by atoms with Crippen molar-refractivity contribution in [3.05, 3.63) is 35.4 Å². The first kappa shape index (κ1) is 13.9. The molecule has 0 bridgehead atoms. The highest BCUT2D eigenvalue weighted by Gasteiger charge is 2.16. The van der Waals surface area contributed by atoms with Gasteiger partial charge in [-0.3, -0.25) is 4.79 Å². The number of Topliss-reactive ketones (excluding diaryl/α,β-unsaturated/α-hetero) is 1. The van der Waals surface area contributed by atoms with Gasteiger partial charge in [0.2, 0.25) is 0 Å². The highest BCUT2D eigenvalue weighted by Crippen LogP contribution is 2.14. The molecule has 0 radical (unpaired) electrons.